The van der Waals surface area contributed by atoms with Gasteiger partial charge in [-0.15, -0.1) is 0 Å². The topological polar surface area (TPSA) is 45.0 Å². The van der Waals surface area contributed by atoms with Crippen molar-refractivity contribution in [2.45, 2.75) is 31.7 Å². The van der Waals surface area contributed by atoms with Gasteiger partial charge in [0, 0.05) is 13.7 Å². The van der Waals surface area contributed by atoms with Gasteiger partial charge in [-0.3, -0.25) is 5.32 Å². The van der Waals surface area contributed by atoms with Gasteiger partial charge in [0.05, 0.1) is 18.7 Å². The van der Waals surface area contributed by atoms with E-state index in [1.165, 1.54) is 25.7 Å². The molecule has 1 saturated carbocycles. The van der Waals surface area contributed by atoms with Gasteiger partial charge in [0.1, 0.15) is 0 Å². The number of hydrogen-bond acceptors (Lipinski definition) is 3. The highest BCUT2D eigenvalue weighted by Gasteiger charge is 2.23. The van der Waals surface area contributed by atoms with Gasteiger partial charge < -0.3 is 4.74 Å². The van der Waals surface area contributed by atoms with E-state index in [4.69, 9.17) is 10.00 Å². The summed E-state index contributed by atoms with van der Waals surface area (Å²) in [4.78, 5) is 0. The molecule has 0 spiro atoms. The molecule has 13 heavy (non-hydrogen) atoms. The van der Waals surface area contributed by atoms with Crippen molar-refractivity contribution >= 4 is 0 Å². The lowest BCUT2D eigenvalue weighted by Crippen LogP contribution is -2.35. The van der Waals surface area contributed by atoms with Crippen molar-refractivity contribution in [1.82, 2.24) is 5.32 Å². The van der Waals surface area contributed by atoms with Crippen molar-refractivity contribution in [3.05, 3.63) is 0 Å². The summed E-state index contributed by atoms with van der Waals surface area (Å²) in [6.45, 7) is 1.47. The van der Waals surface area contributed by atoms with Crippen molar-refractivity contribution in [2.24, 2.45) is 5.92 Å². The van der Waals surface area contributed by atoms with E-state index >= 15 is 0 Å². The lowest BCUT2D eigenvalue weighted by atomic mass is 9.99. The fraction of sp³-hybridized carbons (Fsp3) is 0.900. The Hall–Kier alpha value is -0.590. The Balaban J connectivity index is 2.22. The van der Waals surface area contributed by atoms with Crippen LogP contribution in [0.2, 0.25) is 0 Å². The van der Waals surface area contributed by atoms with E-state index in [0.29, 0.717) is 12.5 Å². The lowest BCUT2D eigenvalue weighted by molar-refractivity contribution is 0.194. The zero-order valence-corrected chi connectivity index (χ0v) is 8.25. The Labute approximate surface area is 80.1 Å². The van der Waals surface area contributed by atoms with Gasteiger partial charge in [-0.05, 0) is 18.8 Å². The number of nitrogens with one attached hydrogen (secondary N) is 1. The molecule has 0 radical (unpaired) electrons. The zero-order chi connectivity index (χ0) is 9.52. The van der Waals surface area contributed by atoms with Crippen LogP contribution in [0.5, 0.6) is 0 Å². The fourth-order valence-corrected chi connectivity index (χ4v) is 1.92. The Morgan fingerprint density at radius 1 is 1.54 bits per heavy atom. The summed E-state index contributed by atoms with van der Waals surface area (Å²) in [6.07, 6.45) is 4.99. The third-order valence-corrected chi connectivity index (χ3v) is 2.68. The number of hydrogen-bond donors (Lipinski definition) is 1. The smallest absolute Gasteiger partial charge is 0.0982 e. The van der Waals surface area contributed by atoms with E-state index in [2.05, 4.69) is 11.4 Å². The van der Waals surface area contributed by atoms with Crippen LogP contribution in [0.25, 0.3) is 0 Å². The highest BCUT2D eigenvalue weighted by molar-refractivity contribution is 4.96. The van der Waals surface area contributed by atoms with Gasteiger partial charge in [-0.1, -0.05) is 12.8 Å². The molecular weight excluding hydrogens is 164 g/mol. The Morgan fingerprint density at radius 2 is 2.23 bits per heavy atom. The molecule has 1 rings (SSSR count). The van der Waals surface area contributed by atoms with E-state index in [1.807, 2.05) is 0 Å². The van der Waals surface area contributed by atoms with Crippen molar-refractivity contribution in [2.75, 3.05) is 20.3 Å². The lowest BCUT2D eigenvalue weighted by Gasteiger charge is -2.17. The van der Waals surface area contributed by atoms with E-state index < -0.39 is 0 Å². The number of nitrogens with zero attached hydrogens (tertiary/aromatic N) is 1. The SMILES string of the molecule is COCCNC(C#N)C1CCCC1. The molecule has 0 aromatic heterocycles. The molecule has 0 heterocycles. The maximum Gasteiger partial charge on any atom is 0.0982 e. The van der Waals surface area contributed by atoms with Crippen molar-refractivity contribution in [3.63, 3.8) is 0 Å². The first-order valence-corrected chi connectivity index (χ1v) is 5.00. The molecule has 1 aliphatic carbocycles. The molecule has 1 atom stereocenters. The molecular formula is C10H18N2O. The molecule has 0 amide bonds. The predicted octanol–water partition coefficient (Wildman–Crippen LogP) is 1.30. The first-order valence-electron chi connectivity index (χ1n) is 5.00. The van der Waals surface area contributed by atoms with Gasteiger partial charge in [-0.25, -0.2) is 0 Å². The molecule has 1 aliphatic rings. The number of rotatable bonds is 5. The number of methoxy groups -OCH3 is 1. The summed E-state index contributed by atoms with van der Waals surface area (Å²) in [5.41, 5.74) is 0. The molecule has 1 unspecified atom stereocenters. The monoisotopic (exact) mass is 182 g/mol. The van der Waals surface area contributed by atoms with Crippen LogP contribution in [0.15, 0.2) is 0 Å². The highest BCUT2D eigenvalue weighted by Crippen LogP contribution is 2.27. The van der Waals surface area contributed by atoms with Crippen LogP contribution < -0.4 is 5.32 Å². The molecule has 3 nitrogen and oxygen atoms in total. The van der Waals surface area contributed by atoms with Gasteiger partial charge in [0.15, 0.2) is 0 Å². The summed E-state index contributed by atoms with van der Waals surface area (Å²) in [6, 6.07) is 2.38. The van der Waals surface area contributed by atoms with Crippen molar-refractivity contribution < 1.29 is 4.74 Å². The number of nitriles is 1. The normalized spacial score (nSPS) is 20.0. The van der Waals surface area contributed by atoms with Crippen LogP contribution in [0.1, 0.15) is 25.7 Å². The quantitative estimate of drug-likeness (QED) is 0.652. The maximum absolute atomic E-state index is 8.93. The molecule has 0 aromatic carbocycles. The summed E-state index contributed by atoms with van der Waals surface area (Å²) < 4.78 is 4.93. The Kier molecular flexibility index (Phi) is 4.81. The van der Waals surface area contributed by atoms with Crippen molar-refractivity contribution in [3.8, 4) is 6.07 Å². The van der Waals surface area contributed by atoms with Gasteiger partial charge >= 0.3 is 0 Å². The van der Waals surface area contributed by atoms with Crippen molar-refractivity contribution in [1.29, 1.82) is 5.26 Å². The van der Waals surface area contributed by atoms with Crippen LogP contribution in [0, 0.1) is 17.2 Å². The predicted molar refractivity (Wildman–Crippen MR) is 51.2 cm³/mol. The molecule has 0 aromatic rings. The zero-order valence-electron chi connectivity index (χ0n) is 8.25. The molecule has 74 valence electrons. The summed E-state index contributed by atoms with van der Waals surface area (Å²) in [7, 11) is 1.68. The Morgan fingerprint density at radius 3 is 2.77 bits per heavy atom. The molecule has 1 N–H and O–H groups in total. The summed E-state index contributed by atoms with van der Waals surface area (Å²) >= 11 is 0. The van der Waals surface area contributed by atoms with Crippen LogP contribution in [-0.2, 0) is 4.74 Å². The second-order valence-electron chi connectivity index (χ2n) is 3.60. The molecule has 0 aliphatic heterocycles. The van der Waals surface area contributed by atoms with Gasteiger partial charge in [-0.2, -0.15) is 5.26 Å². The third kappa shape index (κ3) is 3.33. The minimum Gasteiger partial charge on any atom is -0.383 e. The van der Waals surface area contributed by atoms with Crippen LogP contribution in [0.4, 0.5) is 0 Å². The third-order valence-electron chi connectivity index (χ3n) is 2.68. The van der Waals surface area contributed by atoms with E-state index in [9.17, 15) is 0 Å². The van der Waals surface area contributed by atoms with Gasteiger partial charge in [0.25, 0.3) is 0 Å². The highest BCUT2D eigenvalue weighted by atomic mass is 16.5. The minimum atomic E-state index is 0.0395. The molecule has 3 heteroatoms. The summed E-state index contributed by atoms with van der Waals surface area (Å²) in [5, 5.41) is 12.2. The van der Waals surface area contributed by atoms with Crippen LogP contribution in [-0.4, -0.2) is 26.3 Å². The average molecular weight is 182 g/mol. The second-order valence-corrected chi connectivity index (χ2v) is 3.60. The molecule has 0 saturated heterocycles. The molecule has 0 bridgehead atoms. The molecule has 1 fully saturated rings. The minimum absolute atomic E-state index is 0.0395. The maximum atomic E-state index is 8.93. The first kappa shape index (κ1) is 10.5. The summed E-state index contributed by atoms with van der Waals surface area (Å²) in [5.74, 6) is 0.571. The first-order chi connectivity index (χ1) is 6.38. The largest absolute Gasteiger partial charge is 0.383 e. The van der Waals surface area contributed by atoms with Crippen LogP contribution >= 0.6 is 0 Å². The second kappa shape index (κ2) is 5.95. The average Bonchev–Trinajstić information content (AvgIpc) is 2.65. The van der Waals surface area contributed by atoms with Crippen LogP contribution in [0.3, 0.4) is 0 Å². The number of ether oxygens (including phenoxy) is 1. The standard InChI is InChI=1S/C10H18N2O/c1-13-7-6-12-10(8-11)9-4-2-3-5-9/h9-10,12H,2-7H2,1H3. The van der Waals surface area contributed by atoms with E-state index in [-0.39, 0.29) is 6.04 Å². The fourth-order valence-electron chi connectivity index (χ4n) is 1.92. The van der Waals surface area contributed by atoms with E-state index in [1.54, 1.807) is 7.11 Å². The van der Waals surface area contributed by atoms with Gasteiger partial charge in [0.2, 0.25) is 0 Å². The Bertz CT molecular complexity index is 170. The van der Waals surface area contributed by atoms with E-state index in [0.717, 1.165) is 6.54 Å².